The van der Waals surface area contributed by atoms with Gasteiger partial charge < -0.3 is 14.2 Å². The van der Waals surface area contributed by atoms with E-state index in [1.165, 1.54) is 0 Å². The maximum absolute atomic E-state index is 12.1. The van der Waals surface area contributed by atoms with E-state index in [2.05, 4.69) is 20.9 Å². The van der Waals surface area contributed by atoms with Gasteiger partial charge in [0.25, 0.3) is 5.56 Å². The van der Waals surface area contributed by atoms with Crippen molar-refractivity contribution in [2.24, 2.45) is 7.05 Å². The van der Waals surface area contributed by atoms with Crippen LogP contribution in [-0.2, 0) is 11.8 Å². The minimum atomic E-state index is -0.279. The lowest BCUT2D eigenvalue weighted by Gasteiger charge is -2.42. The number of halogens is 1. The SMILES string of the molecule is Cn1ccnc(N2CC(CBr)OC(C)(C)C2)c1=O. The standard InChI is InChI=1S/C12H18BrN3O2/c1-12(2)8-16(7-9(6-13)18-12)10-11(17)15(3)5-4-14-10/h4-5,9H,6-8H2,1-3H3. The van der Waals surface area contributed by atoms with E-state index < -0.39 is 0 Å². The van der Waals surface area contributed by atoms with Crippen LogP contribution in [0, 0.1) is 0 Å². The van der Waals surface area contributed by atoms with Gasteiger partial charge in [-0.25, -0.2) is 4.98 Å². The van der Waals surface area contributed by atoms with Gasteiger partial charge in [-0.05, 0) is 13.8 Å². The fourth-order valence-electron chi connectivity index (χ4n) is 2.24. The molecule has 18 heavy (non-hydrogen) atoms. The molecule has 0 aliphatic carbocycles. The van der Waals surface area contributed by atoms with Crippen molar-refractivity contribution < 1.29 is 4.74 Å². The minimum absolute atomic E-state index is 0.0662. The zero-order chi connectivity index (χ0) is 13.3. The molecule has 1 aliphatic heterocycles. The van der Waals surface area contributed by atoms with E-state index in [1.807, 2.05) is 18.7 Å². The van der Waals surface area contributed by atoms with E-state index in [1.54, 1.807) is 24.0 Å². The number of anilines is 1. The minimum Gasteiger partial charge on any atom is -0.368 e. The van der Waals surface area contributed by atoms with Gasteiger partial charge in [-0.1, -0.05) is 15.9 Å². The molecule has 1 aromatic heterocycles. The average molecular weight is 316 g/mol. The Morgan fingerprint density at radius 3 is 3.00 bits per heavy atom. The first-order chi connectivity index (χ1) is 8.43. The van der Waals surface area contributed by atoms with E-state index in [0.29, 0.717) is 18.9 Å². The predicted octanol–water partition coefficient (Wildman–Crippen LogP) is 1.16. The number of alkyl halides is 1. The number of hydrogen-bond acceptors (Lipinski definition) is 4. The molecule has 1 fully saturated rings. The largest absolute Gasteiger partial charge is 0.368 e. The zero-order valence-electron chi connectivity index (χ0n) is 10.9. The molecule has 0 bridgehead atoms. The number of rotatable bonds is 2. The van der Waals surface area contributed by atoms with Crippen LogP contribution >= 0.6 is 15.9 Å². The highest BCUT2D eigenvalue weighted by Gasteiger charge is 2.34. The second-order valence-electron chi connectivity index (χ2n) is 5.20. The molecule has 0 saturated carbocycles. The van der Waals surface area contributed by atoms with Crippen LogP contribution in [0.1, 0.15) is 13.8 Å². The molecule has 1 unspecified atom stereocenters. The van der Waals surface area contributed by atoms with Gasteiger partial charge in [-0.15, -0.1) is 0 Å². The molecule has 0 amide bonds. The van der Waals surface area contributed by atoms with E-state index >= 15 is 0 Å². The number of hydrogen-bond donors (Lipinski definition) is 0. The van der Waals surface area contributed by atoms with E-state index in [4.69, 9.17) is 4.74 Å². The predicted molar refractivity (Wildman–Crippen MR) is 74.4 cm³/mol. The number of morpholine rings is 1. The Morgan fingerprint density at radius 1 is 1.61 bits per heavy atom. The van der Waals surface area contributed by atoms with Crippen molar-refractivity contribution in [2.45, 2.75) is 25.6 Å². The first-order valence-electron chi connectivity index (χ1n) is 5.93. The van der Waals surface area contributed by atoms with E-state index in [0.717, 1.165) is 5.33 Å². The quantitative estimate of drug-likeness (QED) is 0.768. The lowest BCUT2D eigenvalue weighted by molar-refractivity contribution is -0.0726. The lowest BCUT2D eigenvalue weighted by Crippen LogP contribution is -2.55. The molecule has 0 spiro atoms. The monoisotopic (exact) mass is 315 g/mol. The van der Waals surface area contributed by atoms with Crippen molar-refractivity contribution in [3.05, 3.63) is 22.7 Å². The third-order valence-electron chi connectivity index (χ3n) is 2.95. The molecule has 1 saturated heterocycles. The number of aryl methyl sites for hydroxylation is 1. The number of ether oxygens (including phenoxy) is 1. The van der Waals surface area contributed by atoms with Gasteiger partial charge in [0.1, 0.15) is 0 Å². The van der Waals surface area contributed by atoms with Crippen LogP contribution in [0.5, 0.6) is 0 Å². The molecule has 1 atom stereocenters. The molecule has 1 aliphatic rings. The Balaban J connectivity index is 2.32. The van der Waals surface area contributed by atoms with Crippen LogP contribution in [-0.4, -0.2) is 39.7 Å². The van der Waals surface area contributed by atoms with Crippen LogP contribution in [0.4, 0.5) is 5.82 Å². The molecule has 0 N–H and O–H groups in total. The summed E-state index contributed by atoms with van der Waals surface area (Å²) in [6.45, 7) is 5.41. The smallest absolute Gasteiger partial charge is 0.293 e. The van der Waals surface area contributed by atoms with Gasteiger partial charge in [-0.3, -0.25) is 4.79 Å². The summed E-state index contributed by atoms with van der Waals surface area (Å²) in [7, 11) is 1.74. The molecule has 2 heterocycles. The first kappa shape index (κ1) is 13.5. The van der Waals surface area contributed by atoms with Crippen LogP contribution in [0.15, 0.2) is 17.2 Å². The summed E-state index contributed by atoms with van der Waals surface area (Å²) in [5, 5.41) is 0.750. The second-order valence-corrected chi connectivity index (χ2v) is 5.85. The van der Waals surface area contributed by atoms with Gasteiger partial charge in [0.15, 0.2) is 5.82 Å². The topological polar surface area (TPSA) is 47.4 Å². The maximum Gasteiger partial charge on any atom is 0.293 e. The summed E-state index contributed by atoms with van der Waals surface area (Å²) in [4.78, 5) is 18.3. The van der Waals surface area contributed by atoms with Gasteiger partial charge in [0.05, 0.1) is 11.7 Å². The zero-order valence-corrected chi connectivity index (χ0v) is 12.5. The van der Waals surface area contributed by atoms with Crippen LogP contribution in [0.3, 0.4) is 0 Å². The Hall–Kier alpha value is -0.880. The Kier molecular flexibility index (Phi) is 3.77. The summed E-state index contributed by atoms with van der Waals surface area (Å²) < 4.78 is 7.47. The van der Waals surface area contributed by atoms with E-state index in [-0.39, 0.29) is 17.3 Å². The number of aromatic nitrogens is 2. The fraction of sp³-hybridized carbons (Fsp3) is 0.667. The Morgan fingerprint density at radius 2 is 2.33 bits per heavy atom. The van der Waals surface area contributed by atoms with Crippen molar-refractivity contribution in [3.63, 3.8) is 0 Å². The van der Waals surface area contributed by atoms with Gasteiger partial charge in [-0.2, -0.15) is 0 Å². The second kappa shape index (κ2) is 5.01. The fourth-order valence-corrected chi connectivity index (χ4v) is 2.58. The van der Waals surface area contributed by atoms with Gasteiger partial charge in [0.2, 0.25) is 0 Å². The first-order valence-corrected chi connectivity index (χ1v) is 7.05. The molecule has 100 valence electrons. The molecule has 5 nitrogen and oxygen atoms in total. The molecular weight excluding hydrogens is 298 g/mol. The van der Waals surface area contributed by atoms with Crippen molar-refractivity contribution in [3.8, 4) is 0 Å². The van der Waals surface area contributed by atoms with E-state index in [9.17, 15) is 4.79 Å². The van der Waals surface area contributed by atoms with Gasteiger partial charge in [0, 0.05) is 37.9 Å². The van der Waals surface area contributed by atoms with Crippen LogP contribution in [0.2, 0.25) is 0 Å². The van der Waals surface area contributed by atoms with Crippen molar-refractivity contribution >= 4 is 21.7 Å². The van der Waals surface area contributed by atoms with Crippen LogP contribution < -0.4 is 10.5 Å². The van der Waals surface area contributed by atoms with Crippen molar-refractivity contribution in [1.29, 1.82) is 0 Å². The highest BCUT2D eigenvalue weighted by atomic mass is 79.9. The van der Waals surface area contributed by atoms with Gasteiger partial charge >= 0.3 is 0 Å². The molecule has 0 radical (unpaired) electrons. The third kappa shape index (κ3) is 2.75. The summed E-state index contributed by atoms with van der Waals surface area (Å²) in [6.07, 6.45) is 3.39. The Labute approximate surface area is 115 Å². The van der Waals surface area contributed by atoms with Crippen molar-refractivity contribution in [1.82, 2.24) is 9.55 Å². The lowest BCUT2D eigenvalue weighted by atomic mass is 10.1. The molecular formula is C12H18BrN3O2. The van der Waals surface area contributed by atoms with Crippen LogP contribution in [0.25, 0.3) is 0 Å². The third-order valence-corrected chi connectivity index (χ3v) is 3.67. The molecule has 2 rings (SSSR count). The summed E-state index contributed by atoms with van der Waals surface area (Å²) in [5.41, 5.74) is -0.345. The highest BCUT2D eigenvalue weighted by Crippen LogP contribution is 2.23. The maximum atomic E-state index is 12.1. The Bertz CT molecular complexity index is 486. The highest BCUT2D eigenvalue weighted by molar-refractivity contribution is 9.09. The summed E-state index contributed by atoms with van der Waals surface area (Å²) in [6, 6.07) is 0. The molecule has 0 aromatic carbocycles. The summed E-state index contributed by atoms with van der Waals surface area (Å²) >= 11 is 3.44. The van der Waals surface area contributed by atoms with Crippen molar-refractivity contribution in [2.75, 3.05) is 23.3 Å². The molecule has 1 aromatic rings. The molecule has 6 heteroatoms. The average Bonchev–Trinajstić information content (AvgIpc) is 2.30. The number of nitrogens with zero attached hydrogens (tertiary/aromatic N) is 3. The normalized spacial score (nSPS) is 23.1. The summed E-state index contributed by atoms with van der Waals surface area (Å²) in [5.74, 6) is 0.502.